The maximum atomic E-state index is 4.43. The Morgan fingerprint density at radius 2 is 2.20 bits per heavy atom. The van der Waals surface area contributed by atoms with Crippen molar-refractivity contribution in [1.29, 1.82) is 0 Å². The first-order valence-corrected chi connectivity index (χ1v) is 6.99. The van der Waals surface area contributed by atoms with E-state index in [-0.39, 0.29) is 0 Å². The molecule has 0 saturated heterocycles. The molecule has 0 bridgehead atoms. The lowest BCUT2D eigenvalue weighted by molar-refractivity contribution is 0.161. The molecule has 5 nitrogen and oxygen atoms in total. The minimum Gasteiger partial charge on any atom is -0.349 e. The molecular formula is C15H17N5. The quantitative estimate of drug-likeness (QED) is 0.713. The van der Waals surface area contributed by atoms with Crippen LogP contribution in [0.4, 0.5) is 0 Å². The first-order valence-electron chi connectivity index (χ1n) is 6.99. The Hall–Kier alpha value is -2.14. The maximum absolute atomic E-state index is 4.43. The number of hydrogen-bond acceptors (Lipinski definition) is 3. The van der Waals surface area contributed by atoms with Gasteiger partial charge in [0.1, 0.15) is 0 Å². The molecule has 1 aliphatic heterocycles. The zero-order chi connectivity index (χ0) is 13.5. The van der Waals surface area contributed by atoms with Crippen LogP contribution in [-0.4, -0.2) is 30.6 Å². The zero-order valence-electron chi connectivity index (χ0n) is 11.5. The smallest absolute Gasteiger partial charge is 0.159 e. The van der Waals surface area contributed by atoms with E-state index in [0.29, 0.717) is 6.04 Å². The lowest BCUT2D eigenvalue weighted by Gasteiger charge is -2.34. The van der Waals surface area contributed by atoms with Gasteiger partial charge in [0.25, 0.3) is 0 Å². The van der Waals surface area contributed by atoms with Gasteiger partial charge in [-0.3, -0.25) is 4.90 Å². The van der Waals surface area contributed by atoms with Gasteiger partial charge < -0.3 is 4.57 Å². The molecule has 4 rings (SSSR count). The Balaban J connectivity index is 1.64. The predicted molar refractivity (Wildman–Crippen MR) is 76.2 cm³/mol. The van der Waals surface area contributed by atoms with Crippen LogP contribution >= 0.6 is 0 Å². The molecule has 0 spiro atoms. The van der Waals surface area contributed by atoms with Crippen molar-refractivity contribution in [3.05, 3.63) is 54.2 Å². The molecule has 1 aliphatic rings. The highest BCUT2D eigenvalue weighted by Gasteiger charge is 2.24. The molecular weight excluding hydrogens is 250 g/mol. The summed E-state index contributed by atoms with van der Waals surface area (Å²) in [6.07, 6.45) is 7.87. The molecule has 1 atom stereocenters. The highest BCUT2D eigenvalue weighted by atomic mass is 15.3. The highest BCUT2D eigenvalue weighted by Crippen LogP contribution is 2.27. The molecule has 0 N–H and O–H groups in total. The summed E-state index contributed by atoms with van der Waals surface area (Å²) in [4.78, 5) is 6.92. The molecule has 1 unspecified atom stereocenters. The van der Waals surface area contributed by atoms with Gasteiger partial charge in [0, 0.05) is 55.5 Å². The zero-order valence-corrected chi connectivity index (χ0v) is 11.5. The second kappa shape index (κ2) is 4.45. The summed E-state index contributed by atoms with van der Waals surface area (Å²) in [6.45, 7) is 5.28. The number of aromatic nitrogens is 4. The van der Waals surface area contributed by atoms with Gasteiger partial charge in [0.15, 0.2) is 5.65 Å². The van der Waals surface area contributed by atoms with E-state index in [0.717, 1.165) is 25.3 Å². The van der Waals surface area contributed by atoms with Crippen LogP contribution in [-0.2, 0) is 13.1 Å². The molecule has 102 valence electrons. The second-order valence-electron chi connectivity index (χ2n) is 5.33. The van der Waals surface area contributed by atoms with Crippen molar-refractivity contribution in [2.75, 3.05) is 6.54 Å². The van der Waals surface area contributed by atoms with Crippen molar-refractivity contribution in [3.8, 4) is 0 Å². The van der Waals surface area contributed by atoms with Crippen molar-refractivity contribution in [2.24, 2.45) is 0 Å². The molecule has 3 aromatic heterocycles. The lowest BCUT2D eigenvalue weighted by atomic mass is 10.1. The van der Waals surface area contributed by atoms with Gasteiger partial charge in [0.05, 0.1) is 6.20 Å². The van der Waals surface area contributed by atoms with Gasteiger partial charge in [-0.25, -0.2) is 9.50 Å². The molecule has 0 aliphatic carbocycles. The molecule has 4 heterocycles. The van der Waals surface area contributed by atoms with Crippen LogP contribution in [0.3, 0.4) is 0 Å². The van der Waals surface area contributed by atoms with Gasteiger partial charge >= 0.3 is 0 Å². The van der Waals surface area contributed by atoms with Crippen molar-refractivity contribution in [1.82, 2.24) is 24.1 Å². The third-order valence-corrected chi connectivity index (χ3v) is 4.19. The van der Waals surface area contributed by atoms with E-state index in [9.17, 15) is 0 Å². The van der Waals surface area contributed by atoms with Crippen molar-refractivity contribution < 1.29 is 0 Å². The lowest BCUT2D eigenvalue weighted by Crippen LogP contribution is -2.35. The maximum Gasteiger partial charge on any atom is 0.159 e. The minimum absolute atomic E-state index is 0.428. The van der Waals surface area contributed by atoms with E-state index < -0.39 is 0 Å². The fourth-order valence-electron chi connectivity index (χ4n) is 3.05. The van der Waals surface area contributed by atoms with E-state index >= 15 is 0 Å². The fourth-order valence-corrected chi connectivity index (χ4v) is 3.05. The van der Waals surface area contributed by atoms with Gasteiger partial charge in [-0.2, -0.15) is 5.10 Å². The summed E-state index contributed by atoms with van der Waals surface area (Å²) in [5.41, 5.74) is 3.54. The summed E-state index contributed by atoms with van der Waals surface area (Å²) >= 11 is 0. The number of nitrogens with zero attached hydrogens (tertiary/aromatic N) is 5. The van der Waals surface area contributed by atoms with Crippen LogP contribution in [0.25, 0.3) is 5.65 Å². The third-order valence-electron chi connectivity index (χ3n) is 4.19. The number of rotatable bonds is 2. The standard InChI is InChI=1S/C15H17N5/c1-12-14-4-2-6-18(14)8-9-19(12)11-13-10-17-20-7-3-5-16-15(13)20/h2-7,10,12H,8-9,11H2,1H3. The van der Waals surface area contributed by atoms with Crippen LogP contribution in [0.5, 0.6) is 0 Å². The third kappa shape index (κ3) is 1.74. The fraction of sp³-hybridized carbons (Fsp3) is 0.333. The topological polar surface area (TPSA) is 38.4 Å². The largest absolute Gasteiger partial charge is 0.349 e. The van der Waals surface area contributed by atoms with E-state index in [4.69, 9.17) is 0 Å². The average molecular weight is 267 g/mol. The summed E-state index contributed by atoms with van der Waals surface area (Å²) in [6, 6.07) is 6.68. The Morgan fingerprint density at radius 1 is 1.25 bits per heavy atom. The number of hydrogen-bond donors (Lipinski definition) is 0. The van der Waals surface area contributed by atoms with Crippen molar-refractivity contribution in [2.45, 2.75) is 26.1 Å². The summed E-state index contributed by atoms with van der Waals surface area (Å²) in [5, 5.41) is 4.37. The van der Waals surface area contributed by atoms with Gasteiger partial charge in [-0.15, -0.1) is 0 Å². The summed E-state index contributed by atoms with van der Waals surface area (Å²) < 4.78 is 4.18. The van der Waals surface area contributed by atoms with E-state index in [1.807, 2.05) is 29.2 Å². The van der Waals surface area contributed by atoms with Crippen molar-refractivity contribution >= 4 is 5.65 Å². The number of fused-ring (bicyclic) bond motifs is 2. The van der Waals surface area contributed by atoms with Gasteiger partial charge in [0.2, 0.25) is 0 Å². The Kier molecular flexibility index (Phi) is 2.60. The van der Waals surface area contributed by atoms with E-state index in [1.165, 1.54) is 11.3 Å². The Labute approximate surface area is 117 Å². The Morgan fingerprint density at radius 3 is 3.15 bits per heavy atom. The van der Waals surface area contributed by atoms with Gasteiger partial charge in [-0.1, -0.05) is 0 Å². The van der Waals surface area contributed by atoms with Crippen molar-refractivity contribution in [3.63, 3.8) is 0 Å². The average Bonchev–Trinajstić information content (AvgIpc) is 3.10. The van der Waals surface area contributed by atoms with Crippen LogP contribution in [0.2, 0.25) is 0 Å². The first kappa shape index (κ1) is 11.7. The summed E-state index contributed by atoms with van der Waals surface area (Å²) in [5.74, 6) is 0. The summed E-state index contributed by atoms with van der Waals surface area (Å²) in [7, 11) is 0. The van der Waals surface area contributed by atoms with E-state index in [1.54, 1.807) is 0 Å². The predicted octanol–water partition coefficient (Wildman–Crippen LogP) is 2.11. The van der Waals surface area contributed by atoms with Crippen LogP contribution in [0, 0.1) is 0 Å². The molecule has 0 amide bonds. The van der Waals surface area contributed by atoms with Gasteiger partial charge in [-0.05, 0) is 25.1 Å². The highest BCUT2D eigenvalue weighted by molar-refractivity contribution is 5.45. The molecule has 3 aromatic rings. The second-order valence-corrected chi connectivity index (χ2v) is 5.33. The normalized spacial score (nSPS) is 19.4. The van der Waals surface area contributed by atoms with Crippen LogP contribution in [0.1, 0.15) is 24.2 Å². The first-order chi connectivity index (χ1) is 9.83. The van der Waals surface area contributed by atoms with Crippen LogP contribution < -0.4 is 0 Å². The molecule has 0 radical (unpaired) electrons. The Bertz CT molecular complexity index is 741. The SMILES string of the molecule is CC1c2cccn2CCN1Cc1cnn2cccnc12. The molecule has 5 heteroatoms. The van der Waals surface area contributed by atoms with Crippen LogP contribution in [0.15, 0.2) is 43.0 Å². The molecule has 0 fully saturated rings. The molecule has 0 aromatic carbocycles. The van der Waals surface area contributed by atoms with E-state index in [2.05, 4.69) is 44.8 Å². The minimum atomic E-state index is 0.428. The monoisotopic (exact) mass is 267 g/mol. The molecule has 0 saturated carbocycles. The molecule has 20 heavy (non-hydrogen) atoms.